The Kier molecular flexibility index (Phi) is 7.23. The number of aliphatic hydroxyl groups is 1. The molecule has 0 saturated carbocycles. The first-order valence-corrected chi connectivity index (χ1v) is 4.97. The summed E-state index contributed by atoms with van der Waals surface area (Å²) in [5, 5.41) is 12.2. The van der Waals surface area contributed by atoms with Crippen LogP contribution in [0.1, 0.15) is 27.2 Å². The lowest BCUT2D eigenvalue weighted by atomic mass is 10.0. The van der Waals surface area contributed by atoms with Crippen LogP contribution in [-0.2, 0) is 4.74 Å². The molecule has 3 heteroatoms. The molecule has 2 unspecified atom stereocenters. The second-order valence-electron chi connectivity index (χ2n) is 3.89. The number of hydrogen-bond acceptors (Lipinski definition) is 3. The molecule has 0 saturated heterocycles. The summed E-state index contributed by atoms with van der Waals surface area (Å²) in [6.07, 6.45) is 0.799. The molecule has 0 bridgehead atoms. The lowest BCUT2D eigenvalue weighted by Crippen LogP contribution is -2.43. The first-order chi connectivity index (χ1) is 6.11. The van der Waals surface area contributed by atoms with Crippen LogP contribution < -0.4 is 5.32 Å². The van der Waals surface area contributed by atoms with Crippen LogP contribution in [0.25, 0.3) is 0 Å². The number of hydrogen-bond donors (Lipinski definition) is 2. The Balaban J connectivity index is 3.79. The molecule has 0 radical (unpaired) electrons. The monoisotopic (exact) mass is 189 g/mol. The van der Waals surface area contributed by atoms with Gasteiger partial charge in [-0.05, 0) is 19.3 Å². The zero-order valence-electron chi connectivity index (χ0n) is 9.21. The van der Waals surface area contributed by atoms with Crippen LogP contribution >= 0.6 is 0 Å². The van der Waals surface area contributed by atoms with E-state index in [4.69, 9.17) is 9.84 Å². The Morgan fingerprint density at radius 2 is 1.92 bits per heavy atom. The van der Waals surface area contributed by atoms with Gasteiger partial charge in [-0.2, -0.15) is 0 Å². The maximum Gasteiger partial charge on any atom is 0.0618 e. The Morgan fingerprint density at radius 1 is 1.31 bits per heavy atom. The highest BCUT2D eigenvalue weighted by Crippen LogP contribution is 2.04. The molecule has 13 heavy (non-hydrogen) atoms. The van der Waals surface area contributed by atoms with E-state index >= 15 is 0 Å². The van der Waals surface area contributed by atoms with Crippen molar-refractivity contribution in [2.24, 2.45) is 5.92 Å². The molecule has 0 rings (SSSR count). The highest BCUT2D eigenvalue weighted by Gasteiger charge is 2.14. The molecule has 0 aromatic rings. The van der Waals surface area contributed by atoms with E-state index in [9.17, 15) is 0 Å². The van der Waals surface area contributed by atoms with Gasteiger partial charge >= 0.3 is 0 Å². The van der Waals surface area contributed by atoms with Gasteiger partial charge in [0.1, 0.15) is 0 Å². The van der Waals surface area contributed by atoms with Crippen molar-refractivity contribution in [2.45, 2.75) is 39.3 Å². The SMILES string of the molecule is COCC(NC(C)CCO)C(C)C. The van der Waals surface area contributed by atoms with Crippen LogP contribution in [0.3, 0.4) is 0 Å². The highest BCUT2D eigenvalue weighted by molar-refractivity contribution is 4.73. The van der Waals surface area contributed by atoms with Crippen LogP contribution in [0, 0.1) is 5.92 Å². The van der Waals surface area contributed by atoms with E-state index in [0.717, 1.165) is 13.0 Å². The summed E-state index contributed by atoms with van der Waals surface area (Å²) in [4.78, 5) is 0. The van der Waals surface area contributed by atoms with Crippen LogP contribution in [0.2, 0.25) is 0 Å². The number of methoxy groups -OCH3 is 1. The van der Waals surface area contributed by atoms with Crippen molar-refractivity contribution in [1.29, 1.82) is 0 Å². The van der Waals surface area contributed by atoms with E-state index in [1.54, 1.807) is 7.11 Å². The van der Waals surface area contributed by atoms with Gasteiger partial charge in [-0.15, -0.1) is 0 Å². The van der Waals surface area contributed by atoms with E-state index in [-0.39, 0.29) is 6.61 Å². The number of aliphatic hydroxyl groups excluding tert-OH is 1. The fraction of sp³-hybridized carbons (Fsp3) is 1.00. The average Bonchev–Trinajstić information content (AvgIpc) is 2.04. The summed E-state index contributed by atoms with van der Waals surface area (Å²) in [7, 11) is 1.72. The van der Waals surface area contributed by atoms with Crippen molar-refractivity contribution in [3.63, 3.8) is 0 Å². The molecule has 0 aromatic carbocycles. The zero-order chi connectivity index (χ0) is 10.3. The summed E-state index contributed by atoms with van der Waals surface area (Å²) in [5.41, 5.74) is 0. The van der Waals surface area contributed by atoms with Gasteiger partial charge in [-0.25, -0.2) is 0 Å². The molecule has 2 atom stereocenters. The predicted molar refractivity (Wildman–Crippen MR) is 54.8 cm³/mol. The maximum absolute atomic E-state index is 8.75. The Morgan fingerprint density at radius 3 is 2.31 bits per heavy atom. The average molecular weight is 189 g/mol. The van der Waals surface area contributed by atoms with Gasteiger partial charge in [0, 0.05) is 25.8 Å². The van der Waals surface area contributed by atoms with Crippen molar-refractivity contribution < 1.29 is 9.84 Å². The first kappa shape index (κ1) is 12.9. The van der Waals surface area contributed by atoms with E-state index in [0.29, 0.717) is 18.0 Å². The number of ether oxygens (including phenoxy) is 1. The molecule has 0 heterocycles. The smallest absolute Gasteiger partial charge is 0.0618 e. The summed E-state index contributed by atoms with van der Waals surface area (Å²) in [6, 6.07) is 0.735. The molecule has 80 valence electrons. The minimum absolute atomic E-state index is 0.242. The van der Waals surface area contributed by atoms with Gasteiger partial charge < -0.3 is 15.2 Å². The highest BCUT2D eigenvalue weighted by atomic mass is 16.5. The molecular weight excluding hydrogens is 166 g/mol. The molecule has 0 aliphatic heterocycles. The first-order valence-electron chi connectivity index (χ1n) is 4.97. The Hall–Kier alpha value is -0.120. The van der Waals surface area contributed by atoms with Gasteiger partial charge in [-0.1, -0.05) is 13.8 Å². The molecule has 0 aromatic heterocycles. The van der Waals surface area contributed by atoms with Crippen molar-refractivity contribution in [2.75, 3.05) is 20.3 Å². The molecule has 0 spiro atoms. The molecule has 0 aliphatic rings. The minimum atomic E-state index is 0.242. The molecular formula is C10H23NO2. The number of rotatable bonds is 7. The predicted octanol–water partition coefficient (Wildman–Crippen LogP) is 1.02. The number of nitrogens with one attached hydrogen (secondary N) is 1. The normalized spacial score (nSPS) is 16.2. The van der Waals surface area contributed by atoms with Gasteiger partial charge in [0.05, 0.1) is 6.61 Å². The van der Waals surface area contributed by atoms with E-state index in [2.05, 4.69) is 26.1 Å². The zero-order valence-corrected chi connectivity index (χ0v) is 9.21. The second-order valence-corrected chi connectivity index (χ2v) is 3.89. The summed E-state index contributed by atoms with van der Waals surface area (Å²) in [5.74, 6) is 0.557. The molecule has 2 N–H and O–H groups in total. The topological polar surface area (TPSA) is 41.5 Å². The lowest BCUT2D eigenvalue weighted by Gasteiger charge is -2.25. The lowest BCUT2D eigenvalue weighted by molar-refractivity contribution is 0.137. The van der Waals surface area contributed by atoms with Crippen molar-refractivity contribution in [1.82, 2.24) is 5.32 Å². The Labute approximate surface area is 81.5 Å². The van der Waals surface area contributed by atoms with Crippen molar-refractivity contribution in [3.8, 4) is 0 Å². The van der Waals surface area contributed by atoms with Gasteiger partial charge in [0.15, 0.2) is 0 Å². The van der Waals surface area contributed by atoms with Crippen LogP contribution in [-0.4, -0.2) is 37.5 Å². The van der Waals surface area contributed by atoms with Gasteiger partial charge in [0.2, 0.25) is 0 Å². The molecule has 3 nitrogen and oxygen atoms in total. The van der Waals surface area contributed by atoms with E-state index in [1.807, 2.05) is 0 Å². The van der Waals surface area contributed by atoms with Crippen LogP contribution in [0.15, 0.2) is 0 Å². The molecule has 0 fully saturated rings. The molecule has 0 aliphatic carbocycles. The maximum atomic E-state index is 8.75. The standard InChI is InChI=1S/C10H23NO2/c1-8(2)10(7-13-4)11-9(3)5-6-12/h8-12H,5-7H2,1-4H3. The summed E-state index contributed by atoms with van der Waals surface area (Å²) in [6.45, 7) is 7.39. The largest absolute Gasteiger partial charge is 0.396 e. The summed E-state index contributed by atoms with van der Waals surface area (Å²) < 4.78 is 5.12. The van der Waals surface area contributed by atoms with Crippen LogP contribution in [0.4, 0.5) is 0 Å². The van der Waals surface area contributed by atoms with Crippen LogP contribution in [0.5, 0.6) is 0 Å². The van der Waals surface area contributed by atoms with Gasteiger partial charge in [-0.3, -0.25) is 0 Å². The third-order valence-corrected chi connectivity index (χ3v) is 2.21. The second kappa shape index (κ2) is 7.30. The van der Waals surface area contributed by atoms with E-state index in [1.165, 1.54) is 0 Å². The third-order valence-electron chi connectivity index (χ3n) is 2.21. The third kappa shape index (κ3) is 6.02. The minimum Gasteiger partial charge on any atom is -0.396 e. The van der Waals surface area contributed by atoms with Gasteiger partial charge in [0.25, 0.3) is 0 Å². The Bertz CT molecular complexity index is 117. The quantitative estimate of drug-likeness (QED) is 0.628. The van der Waals surface area contributed by atoms with E-state index < -0.39 is 0 Å². The van der Waals surface area contributed by atoms with Crippen molar-refractivity contribution in [3.05, 3.63) is 0 Å². The fourth-order valence-corrected chi connectivity index (χ4v) is 1.26. The summed E-state index contributed by atoms with van der Waals surface area (Å²) >= 11 is 0. The molecule has 0 amide bonds. The fourth-order valence-electron chi connectivity index (χ4n) is 1.26. The van der Waals surface area contributed by atoms with Crippen molar-refractivity contribution >= 4 is 0 Å².